The molecule has 14 heavy (non-hydrogen) atoms. The molecule has 3 rings (SSSR count). The molecule has 2 atom stereocenters. The number of hydrogen-bond acceptors (Lipinski definition) is 3. The van der Waals surface area contributed by atoms with Crippen LogP contribution in [0.5, 0.6) is 0 Å². The molecule has 0 aliphatic carbocycles. The van der Waals surface area contributed by atoms with Crippen molar-refractivity contribution in [2.24, 2.45) is 10.9 Å². The second-order valence-electron chi connectivity index (χ2n) is 3.93. The van der Waals surface area contributed by atoms with Crippen molar-refractivity contribution in [3.63, 3.8) is 0 Å². The number of rotatable bonds is 0. The number of nitrogens with zero attached hydrogens (tertiary/aromatic N) is 1. The highest BCUT2D eigenvalue weighted by atomic mass is 16.7. The molecule has 0 fully saturated rings. The lowest BCUT2D eigenvalue weighted by atomic mass is 9.87. The lowest BCUT2D eigenvalue weighted by molar-refractivity contribution is 0.357. The Bertz CT molecular complexity index is 400. The first-order valence-corrected chi connectivity index (χ1v) is 4.92. The van der Waals surface area contributed by atoms with E-state index in [9.17, 15) is 0 Å². The van der Waals surface area contributed by atoms with Gasteiger partial charge in [0.15, 0.2) is 0 Å². The van der Waals surface area contributed by atoms with Gasteiger partial charge in [-0.05, 0) is 17.5 Å². The Morgan fingerprint density at radius 1 is 1.43 bits per heavy atom. The Balaban J connectivity index is 2.12. The summed E-state index contributed by atoms with van der Waals surface area (Å²) in [4.78, 5) is 9.77. The van der Waals surface area contributed by atoms with Crippen LogP contribution in [0.4, 0.5) is 5.69 Å². The van der Waals surface area contributed by atoms with E-state index in [1.54, 1.807) is 0 Å². The molecule has 0 saturated carbocycles. The molecule has 0 saturated heterocycles. The van der Waals surface area contributed by atoms with Crippen LogP contribution in [-0.2, 0) is 4.84 Å². The topological polar surface area (TPSA) is 33.6 Å². The summed E-state index contributed by atoms with van der Waals surface area (Å²) in [5, 5.41) is 0. The summed E-state index contributed by atoms with van der Waals surface area (Å²) in [6, 6.07) is 8.26. The third-order valence-electron chi connectivity index (χ3n) is 2.93. The van der Waals surface area contributed by atoms with E-state index in [0.717, 1.165) is 18.1 Å². The molecule has 0 amide bonds. The summed E-state index contributed by atoms with van der Waals surface area (Å²) >= 11 is 0. The van der Waals surface area contributed by atoms with E-state index in [4.69, 9.17) is 4.84 Å². The molecule has 3 heteroatoms. The fourth-order valence-electron chi connectivity index (χ4n) is 2.18. The minimum atomic E-state index is 0.354. The van der Waals surface area contributed by atoms with Crippen LogP contribution >= 0.6 is 0 Å². The third-order valence-corrected chi connectivity index (χ3v) is 2.93. The average molecular weight is 188 g/mol. The lowest BCUT2D eigenvalue weighted by Gasteiger charge is -2.26. The van der Waals surface area contributed by atoms with Crippen molar-refractivity contribution in [1.29, 1.82) is 0 Å². The molecular weight excluding hydrogens is 176 g/mol. The summed E-state index contributed by atoms with van der Waals surface area (Å²) in [6.45, 7) is 3.09. The van der Waals surface area contributed by atoms with Gasteiger partial charge in [-0.2, -0.15) is 0 Å². The number of fused-ring (bicyclic) bond motifs is 3. The van der Waals surface area contributed by atoms with Crippen molar-refractivity contribution >= 4 is 11.6 Å². The first-order valence-electron chi connectivity index (χ1n) is 4.92. The van der Waals surface area contributed by atoms with Gasteiger partial charge in [0, 0.05) is 6.54 Å². The largest absolute Gasteiger partial charge is 0.366 e. The predicted molar refractivity (Wildman–Crippen MR) is 55.4 cm³/mol. The number of hydrogen-bond donors (Lipinski definition) is 1. The SMILES string of the molecule is CC1CN=C2ONc3ccccc3C21. The lowest BCUT2D eigenvalue weighted by Crippen LogP contribution is -2.26. The van der Waals surface area contributed by atoms with E-state index in [1.165, 1.54) is 5.56 Å². The van der Waals surface area contributed by atoms with Crippen molar-refractivity contribution in [3.8, 4) is 0 Å². The number of nitrogens with one attached hydrogen (secondary N) is 1. The van der Waals surface area contributed by atoms with E-state index in [1.807, 2.05) is 12.1 Å². The number of anilines is 1. The van der Waals surface area contributed by atoms with Gasteiger partial charge >= 0.3 is 0 Å². The highest BCUT2D eigenvalue weighted by Gasteiger charge is 2.36. The van der Waals surface area contributed by atoms with Crippen LogP contribution in [-0.4, -0.2) is 12.4 Å². The van der Waals surface area contributed by atoms with Crippen LogP contribution in [0.3, 0.4) is 0 Å². The quantitative estimate of drug-likeness (QED) is 0.677. The molecule has 2 heterocycles. The molecule has 0 aromatic heterocycles. The molecule has 0 spiro atoms. The number of aliphatic imine (C=N–C) groups is 1. The second-order valence-corrected chi connectivity index (χ2v) is 3.93. The maximum absolute atomic E-state index is 5.40. The molecule has 0 bridgehead atoms. The molecule has 1 aromatic carbocycles. The summed E-state index contributed by atoms with van der Waals surface area (Å²) in [5.41, 5.74) is 5.31. The molecule has 2 aliphatic heterocycles. The molecule has 3 nitrogen and oxygen atoms in total. The van der Waals surface area contributed by atoms with E-state index in [-0.39, 0.29) is 0 Å². The first-order chi connectivity index (χ1) is 6.86. The predicted octanol–water partition coefficient (Wildman–Crippen LogP) is 2.18. The average Bonchev–Trinajstić information content (AvgIpc) is 2.61. The molecule has 2 unspecified atom stereocenters. The van der Waals surface area contributed by atoms with E-state index >= 15 is 0 Å². The van der Waals surface area contributed by atoms with Crippen molar-refractivity contribution in [2.45, 2.75) is 12.8 Å². The minimum Gasteiger partial charge on any atom is -0.366 e. The van der Waals surface area contributed by atoms with Crippen LogP contribution in [0.2, 0.25) is 0 Å². The van der Waals surface area contributed by atoms with Gasteiger partial charge in [0.1, 0.15) is 0 Å². The van der Waals surface area contributed by atoms with Crippen LogP contribution in [0.25, 0.3) is 0 Å². The van der Waals surface area contributed by atoms with Crippen LogP contribution in [0.1, 0.15) is 18.4 Å². The van der Waals surface area contributed by atoms with Gasteiger partial charge in [-0.3, -0.25) is 4.99 Å². The molecule has 2 aliphatic rings. The first kappa shape index (κ1) is 7.85. The summed E-state index contributed by atoms with van der Waals surface area (Å²) < 4.78 is 0. The van der Waals surface area contributed by atoms with Gasteiger partial charge in [-0.1, -0.05) is 25.1 Å². The second kappa shape index (κ2) is 2.74. The van der Waals surface area contributed by atoms with E-state index < -0.39 is 0 Å². The van der Waals surface area contributed by atoms with Gasteiger partial charge in [-0.15, -0.1) is 0 Å². The van der Waals surface area contributed by atoms with Gasteiger partial charge in [0.2, 0.25) is 5.90 Å². The fourth-order valence-corrected chi connectivity index (χ4v) is 2.18. The normalized spacial score (nSPS) is 28.2. The summed E-state index contributed by atoms with van der Waals surface area (Å²) in [6.07, 6.45) is 0. The Kier molecular flexibility index (Phi) is 1.54. The Morgan fingerprint density at radius 3 is 3.21 bits per heavy atom. The molecule has 1 N–H and O–H groups in total. The van der Waals surface area contributed by atoms with Crippen molar-refractivity contribution in [3.05, 3.63) is 29.8 Å². The highest BCUT2D eigenvalue weighted by Crippen LogP contribution is 2.38. The van der Waals surface area contributed by atoms with Gasteiger partial charge in [0.25, 0.3) is 0 Å². The number of para-hydroxylation sites is 1. The van der Waals surface area contributed by atoms with Gasteiger partial charge in [-0.25, -0.2) is 5.48 Å². The monoisotopic (exact) mass is 188 g/mol. The molecule has 1 aromatic rings. The zero-order valence-electron chi connectivity index (χ0n) is 8.03. The smallest absolute Gasteiger partial charge is 0.225 e. The molecular formula is C11H12N2O. The van der Waals surface area contributed by atoms with E-state index in [0.29, 0.717) is 11.8 Å². The maximum atomic E-state index is 5.40. The van der Waals surface area contributed by atoms with Crippen LogP contribution < -0.4 is 5.48 Å². The van der Waals surface area contributed by atoms with Gasteiger partial charge < -0.3 is 4.84 Å². The molecule has 0 radical (unpaired) electrons. The minimum absolute atomic E-state index is 0.354. The zero-order valence-corrected chi connectivity index (χ0v) is 8.03. The Hall–Kier alpha value is -1.51. The van der Waals surface area contributed by atoms with Crippen LogP contribution in [0.15, 0.2) is 29.3 Å². The number of benzene rings is 1. The van der Waals surface area contributed by atoms with E-state index in [2.05, 4.69) is 29.5 Å². The fraction of sp³-hybridized carbons (Fsp3) is 0.364. The zero-order chi connectivity index (χ0) is 9.54. The summed E-state index contributed by atoms with van der Waals surface area (Å²) in [7, 11) is 0. The standard InChI is InChI=1S/C11H12N2O/c1-7-6-12-11-10(7)8-4-2-3-5-9(8)13-14-11/h2-5,7,10,13H,6H2,1H3. The Labute approximate surface area is 82.8 Å². The van der Waals surface area contributed by atoms with Crippen molar-refractivity contribution in [2.75, 3.05) is 12.0 Å². The summed E-state index contributed by atoms with van der Waals surface area (Å²) in [5.74, 6) is 1.75. The third kappa shape index (κ3) is 0.953. The maximum Gasteiger partial charge on any atom is 0.225 e. The highest BCUT2D eigenvalue weighted by molar-refractivity contribution is 5.90. The van der Waals surface area contributed by atoms with Crippen molar-refractivity contribution < 1.29 is 4.84 Å². The van der Waals surface area contributed by atoms with Crippen molar-refractivity contribution in [1.82, 2.24) is 0 Å². The Morgan fingerprint density at radius 2 is 2.29 bits per heavy atom. The van der Waals surface area contributed by atoms with Crippen LogP contribution in [0, 0.1) is 5.92 Å². The molecule has 72 valence electrons. The van der Waals surface area contributed by atoms with Gasteiger partial charge in [0.05, 0.1) is 11.6 Å².